The van der Waals surface area contributed by atoms with Gasteiger partial charge in [0.25, 0.3) is 0 Å². The first kappa shape index (κ1) is 27.7. The van der Waals surface area contributed by atoms with Gasteiger partial charge in [-0.15, -0.1) is 37.7 Å². The molecule has 0 amide bonds. The van der Waals surface area contributed by atoms with Crippen molar-refractivity contribution in [1.29, 1.82) is 0 Å². The molecule has 0 radical (unpaired) electrons. The molecule has 2 aromatic heterocycles. The average molecular weight is 565 g/mol. The molecule has 1 unspecified atom stereocenters. The van der Waals surface area contributed by atoms with Crippen LogP contribution in [0.4, 0.5) is 32.2 Å². The van der Waals surface area contributed by atoms with Gasteiger partial charge < -0.3 is 24.6 Å². The van der Waals surface area contributed by atoms with Gasteiger partial charge >= 0.3 is 18.7 Å². The molecule has 2 heterocycles. The summed E-state index contributed by atoms with van der Waals surface area (Å²) in [5.74, 6) is -2.47. The molecule has 0 aliphatic heterocycles. The number of anilines is 1. The van der Waals surface area contributed by atoms with Crippen molar-refractivity contribution in [2.75, 3.05) is 11.9 Å². The maximum atomic E-state index is 12.8. The Labute approximate surface area is 215 Å². The van der Waals surface area contributed by atoms with Crippen molar-refractivity contribution in [2.24, 2.45) is 0 Å². The van der Waals surface area contributed by atoms with E-state index in [2.05, 4.69) is 24.8 Å². The molecule has 0 spiro atoms. The number of fused-ring (bicyclic) bond motifs is 3. The summed E-state index contributed by atoms with van der Waals surface area (Å²) in [6, 6.07) is 2.36. The number of rotatable bonds is 9. The minimum atomic E-state index is -5.13. The van der Waals surface area contributed by atoms with Crippen LogP contribution in [0, 0.1) is 0 Å². The number of alkyl halides is 6. The van der Waals surface area contributed by atoms with Crippen molar-refractivity contribution in [3.63, 3.8) is 0 Å². The molecular formula is C23H21F6N3O5S. The van der Waals surface area contributed by atoms with E-state index in [1.54, 1.807) is 6.92 Å². The third kappa shape index (κ3) is 7.16. The van der Waals surface area contributed by atoms with E-state index in [1.807, 2.05) is 0 Å². The Balaban J connectivity index is 1.69. The molecule has 0 fully saturated rings. The second kappa shape index (κ2) is 10.8. The molecule has 15 heteroatoms. The first-order valence-electron chi connectivity index (χ1n) is 11.3. The van der Waals surface area contributed by atoms with Crippen molar-refractivity contribution in [3.05, 3.63) is 40.0 Å². The van der Waals surface area contributed by atoms with Crippen LogP contribution in [0.3, 0.4) is 0 Å². The fourth-order valence-corrected chi connectivity index (χ4v) is 5.33. The molecule has 3 aromatic rings. The van der Waals surface area contributed by atoms with Crippen LogP contribution in [0.1, 0.15) is 47.7 Å². The van der Waals surface area contributed by atoms with Gasteiger partial charge in [-0.3, -0.25) is 0 Å². The number of nitrogens with zero attached hydrogens (tertiary/aromatic N) is 2. The number of carboxylic acid groups (broad SMARTS) is 1. The first-order chi connectivity index (χ1) is 17.8. The fourth-order valence-electron chi connectivity index (χ4n) is 4.06. The third-order valence-electron chi connectivity index (χ3n) is 5.52. The normalized spacial score (nSPS) is 14.7. The Morgan fingerprint density at radius 3 is 2.29 bits per heavy atom. The number of benzene rings is 1. The molecule has 38 heavy (non-hydrogen) atoms. The average Bonchev–Trinajstić information content (AvgIpc) is 3.17. The molecule has 1 aliphatic rings. The highest BCUT2D eigenvalue weighted by molar-refractivity contribution is 7.19. The molecule has 0 saturated heterocycles. The number of hydrogen-bond donors (Lipinski definition) is 2. The van der Waals surface area contributed by atoms with E-state index < -0.39 is 42.9 Å². The molecule has 0 bridgehead atoms. The zero-order valence-corrected chi connectivity index (χ0v) is 20.5. The van der Waals surface area contributed by atoms with E-state index in [1.165, 1.54) is 11.3 Å². The lowest BCUT2D eigenvalue weighted by atomic mass is 9.97. The van der Waals surface area contributed by atoms with Crippen molar-refractivity contribution >= 4 is 33.3 Å². The number of aliphatic carboxylic acids is 1. The first-order valence-corrected chi connectivity index (χ1v) is 12.1. The van der Waals surface area contributed by atoms with Gasteiger partial charge in [0.15, 0.2) is 5.82 Å². The molecule has 4 rings (SSSR count). The van der Waals surface area contributed by atoms with Gasteiger partial charge in [-0.05, 0) is 55.9 Å². The Bertz CT molecular complexity index is 1290. The Hall–Kier alpha value is -3.33. The van der Waals surface area contributed by atoms with Gasteiger partial charge in [0, 0.05) is 17.5 Å². The van der Waals surface area contributed by atoms with Gasteiger partial charge in [0.05, 0.1) is 5.39 Å². The molecule has 1 atom stereocenters. The topological polar surface area (TPSA) is 103 Å². The number of hydrogen-bond acceptors (Lipinski definition) is 8. The van der Waals surface area contributed by atoms with Crippen LogP contribution in [0.5, 0.6) is 11.5 Å². The minimum absolute atomic E-state index is 0.00131. The Morgan fingerprint density at radius 2 is 1.68 bits per heavy atom. The van der Waals surface area contributed by atoms with Crippen LogP contribution < -0.4 is 14.8 Å². The number of carboxylic acids is 1. The largest absolute Gasteiger partial charge is 0.573 e. The smallest absolute Gasteiger partial charge is 0.480 e. The van der Waals surface area contributed by atoms with Crippen molar-refractivity contribution in [1.82, 2.24) is 9.97 Å². The predicted molar refractivity (Wildman–Crippen MR) is 123 cm³/mol. The lowest BCUT2D eigenvalue weighted by Gasteiger charge is -2.17. The molecule has 1 aromatic carbocycles. The fraction of sp³-hybridized carbons (Fsp3) is 0.435. The van der Waals surface area contributed by atoms with Crippen LogP contribution in [0.25, 0.3) is 10.2 Å². The van der Waals surface area contributed by atoms with E-state index in [9.17, 15) is 31.1 Å². The van der Waals surface area contributed by atoms with E-state index in [0.29, 0.717) is 22.1 Å². The highest BCUT2D eigenvalue weighted by Crippen LogP contribution is 2.40. The summed E-state index contributed by atoms with van der Waals surface area (Å²) in [6.07, 6.45) is -7.52. The lowest BCUT2D eigenvalue weighted by Crippen LogP contribution is -2.19. The zero-order valence-electron chi connectivity index (χ0n) is 19.7. The summed E-state index contributed by atoms with van der Waals surface area (Å²) in [5.41, 5.74) is 1.03. The number of halogens is 6. The summed E-state index contributed by atoms with van der Waals surface area (Å²) >= 11 is 1.46. The lowest BCUT2D eigenvalue weighted by molar-refractivity contribution is -0.276. The number of carbonyl (C=O) groups is 1. The van der Waals surface area contributed by atoms with Gasteiger partial charge in [0.1, 0.15) is 34.9 Å². The SMILES string of the molecule is CC(OCC(=O)O)c1nc(NCc2cc(OC(F)(F)F)cc(OC(F)(F)F)c2)c2c3c(sc2n1)CCCC3. The summed E-state index contributed by atoms with van der Waals surface area (Å²) in [7, 11) is 0. The highest BCUT2D eigenvalue weighted by atomic mass is 32.1. The molecule has 1 aliphatic carbocycles. The molecule has 8 nitrogen and oxygen atoms in total. The Morgan fingerprint density at radius 1 is 1.05 bits per heavy atom. The van der Waals surface area contributed by atoms with E-state index in [0.717, 1.165) is 48.3 Å². The second-order valence-electron chi connectivity index (χ2n) is 8.43. The van der Waals surface area contributed by atoms with Crippen LogP contribution >= 0.6 is 11.3 Å². The summed E-state index contributed by atoms with van der Waals surface area (Å²) in [5, 5.41) is 12.6. The Kier molecular flexibility index (Phi) is 7.88. The van der Waals surface area contributed by atoms with E-state index >= 15 is 0 Å². The van der Waals surface area contributed by atoms with Crippen LogP contribution in [-0.2, 0) is 28.9 Å². The standard InChI is InChI=1S/C23H21F6N3O5S/c1-11(35-10-17(33)34)19-31-20(18-15-4-2-3-5-16(15)38-21(18)32-19)30-9-12-6-13(36-22(24,25)26)8-14(7-12)37-23(27,28)29/h6-8,11H,2-5,9-10H2,1H3,(H,33,34)(H,30,31,32). The van der Waals surface area contributed by atoms with Crippen LogP contribution in [-0.4, -0.2) is 40.4 Å². The van der Waals surface area contributed by atoms with Gasteiger partial charge in [-0.25, -0.2) is 14.8 Å². The van der Waals surface area contributed by atoms with Gasteiger partial charge in [-0.1, -0.05) is 0 Å². The molecule has 206 valence electrons. The van der Waals surface area contributed by atoms with Crippen LogP contribution in [0.2, 0.25) is 0 Å². The highest BCUT2D eigenvalue weighted by Gasteiger charge is 2.34. The summed E-state index contributed by atoms with van der Waals surface area (Å²) < 4.78 is 89.5. The van der Waals surface area contributed by atoms with Gasteiger partial charge in [-0.2, -0.15) is 0 Å². The molecule has 0 saturated carbocycles. The predicted octanol–water partition coefficient (Wildman–Crippen LogP) is 6.14. The zero-order chi connectivity index (χ0) is 27.7. The number of ether oxygens (including phenoxy) is 3. The van der Waals surface area contributed by atoms with Crippen LogP contribution in [0.15, 0.2) is 18.2 Å². The van der Waals surface area contributed by atoms with Crippen molar-refractivity contribution in [3.8, 4) is 11.5 Å². The monoisotopic (exact) mass is 565 g/mol. The third-order valence-corrected chi connectivity index (χ3v) is 6.71. The second-order valence-corrected chi connectivity index (χ2v) is 9.51. The van der Waals surface area contributed by atoms with Crippen molar-refractivity contribution in [2.45, 2.75) is 58.0 Å². The maximum Gasteiger partial charge on any atom is 0.573 e. The minimum Gasteiger partial charge on any atom is -0.480 e. The number of nitrogens with one attached hydrogen (secondary N) is 1. The van der Waals surface area contributed by atoms with Gasteiger partial charge in [0.2, 0.25) is 0 Å². The molecule has 2 N–H and O–H groups in total. The summed E-state index contributed by atoms with van der Waals surface area (Å²) in [6.45, 7) is 0.754. The number of aromatic nitrogens is 2. The van der Waals surface area contributed by atoms with E-state index in [4.69, 9.17) is 9.84 Å². The van der Waals surface area contributed by atoms with Crippen molar-refractivity contribution < 1.29 is 50.5 Å². The number of thiophene rings is 1. The number of aryl methyl sites for hydroxylation is 2. The summed E-state index contributed by atoms with van der Waals surface area (Å²) in [4.78, 5) is 21.6. The molecular weight excluding hydrogens is 544 g/mol. The quantitative estimate of drug-likeness (QED) is 0.298. The maximum absolute atomic E-state index is 12.8. The van der Waals surface area contributed by atoms with E-state index in [-0.39, 0.29) is 17.9 Å².